The SMILES string of the molecule is CSN1c2cc3c(cc2B2c4ccc5oc6c(C(C)(C)C)cccc6c5c4Oc4cc(N(c5ccccc5)c5ccccc5)cc1c42)B1c2cc4c(cc2Oc2cc(N(c5ccccc5)c5ccccc5)cc(c21)O3)Nc1cc(N(c2ccccc2)c2ccccc2)cc2c1B4c1ccc3oc4c(C(C)(C)C)cccc4c3c1O2. The van der Waals surface area contributed by atoms with Crippen molar-refractivity contribution in [1.29, 1.82) is 0 Å². The molecule has 6 aliphatic rings. The normalized spacial score (nSPS) is 13.5. The fourth-order valence-electron chi connectivity index (χ4n) is 19.0. The Hall–Kier alpha value is -13.4. The van der Waals surface area contributed by atoms with Crippen molar-refractivity contribution in [2.45, 2.75) is 52.4 Å². The van der Waals surface area contributed by atoms with Crippen molar-refractivity contribution in [3.8, 4) is 46.0 Å². The van der Waals surface area contributed by atoms with E-state index in [1.165, 1.54) is 0 Å². The summed E-state index contributed by atoms with van der Waals surface area (Å²) in [7, 11) is 0. The van der Waals surface area contributed by atoms with Gasteiger partial charge in [0.15, 0.2) is 0 Å². The molecule has 6 aliphatic heterocycles. The molecule has 114 heavy (non-hydrogen) atoms. The standard InChI is InChI=1S/C99H72B3N5O6S/c1-98(2,3)69-42-26-40-67-89-81(110-94(67)69)46-44-71-96(89)112-85-50-64(104(58-28-14-8-15-29-58)59-30-16-9-17-31-59)48-78-91(85)100(71)73-54-75-83(56-77(73)103-78)108-87-52-66(106(62-36-22-12-23-37-62)63-38-24-13-25-39-63)53-88-93(87)102(75)76-55-74-79(57-84(76)109-88)107(114-7)80-49-65(105(60-32-18-10-19-33-60)61-34-20-11-21-35-61)51-86-92(80)101(74)72-45-47-82-90(97(72)113-86)68-41-27-43-70(95(68)111-82)99(4,5)6/h8-57,103H,1-7H3. The van der Waals surface area contributed by atoms with Crippen LogP contribution in [0.1, 0.15) is 52.7 Å². The van der Waals surface area contributed by atoms with Crippen molar-refractivity contribution in [3.63, 3.8) is 0 Å². The first-order valence-corrected chi connectivity index (χ1v) is 40.3. The highest BCUT2D eigenvalue weighted by Gasteiger charge is 2.50. The van der Waals surface area contributed by atoms with Gasteiger partial charge in [0.25, 0.3) is 20.1 Å². The van der Waals surface area contributed by atoms with Gasteiger partial charge in [0, 0.05) is 116 Å². The Bertz CT molecular complexity index is 6780. The molecule has 0 amide bonds. The molecule has 11 nitrogen and oxygen atoms in total. The van der Waals surface area contributed by atoms with Gasteiger partial charge < -0.3 is 47.8 Å². The number of anilines is 13. The smallest absolute Gasteiger partial charge is 0.260 e. The van der Waals surface area contributed by atoms with Gasteiger partial charge in [-0.15, -0.1) is 0 Å². The number of furan rings is 2. The average molecular weight is 1490 g/mol. The van der Waals surface area contributed by atoms with Crippen molar-refractivity contribution in [3.05, 3.63) is 314 Å². The number of hydrogen-bond acceptors (Lipinski definition) is 12. The largest absolute Gasteiger partial charge is 0.458 e. The summed E-state index contributed by atoms with van der Waals surface area (Å²) in [5, 5.41) is 8.04. The minimum Gasteiger partial charge on any atom is -0.458 e. The van der Waals surface area contributed by atoms with Crippen LogP contribution in [0.4, 0.5) is 73.9 Å². The fourth-order valence-corrected chi connectivity index (χ4v) is 19.7. The summed E-state index contributed by atoms with van der Waals surface area (Å²) in [5.74, 6) is 5.98. The molecule has 1 N–H and O–H groups in total. The van der Waals surface area contributed by atoms with E-state index >= 15 is 0 Å². The van der Waals surface area contributed by atoms with Crippen molar-refractivity contribution in [1.82, 2.24) is 0 Å². The number of nitrogens with zero attached hydrogens (tertiary/aromatic N) is 4. The van der Waals surface area contributed by atoms with Gasteiger partial charge in [0.1, 0.15) is 68.3 Å². The molecule has 15 heteroatoms. The number of fused-ring (bicyclic) bond motifs is 20. The topological polar surface area (TPSA) is 88.2 Å². The van der Waals surface area contributed by atoms with Crippen LogP contribution < -0.4 is 92.4 Å². The lowest BCUT2D eigenvalue weighted by molar-refractivity contribution is 0.465. The zero-order valence-electron chi connectivity index (χ0n) is 63.7. The van der Waals surface area contributed by atoms with E-state index in [-0.39, 0.29) is 24.3 Å². The Morgan fingerprint density at radius 2 is 0.693 bits per heavy atom. The molecule has 0 saturated heterocycles. The zero-order valence-corrected chi connectivity index (χ0v) is 64.6. The maximum atomic E-state index is 7.77. The van der Waals surface area contributed by atoms with Crippen molar-refractivity contribution in [2.75, 3.05) is 30.6 Å². The highest BCUT2D eigenvalue weighted by atomic mass is 32.2. The molecule has 0 unspecified atom stereocenters. The molecule has 0 bridgehead atoms. The van der Waals surface area contributed by atoms with Crippen LogP contribution in [0.5, 0.6) is 46.0 Å². The highest BCUT2D eigenvalue weighted by Crippen LogP contribution is 2.53. The summed E-state index contributed by atoms with van der Waals surface area (Å²) < 4.78 is 47.4. The predicted molar refractivity (Wildman–Crippen MR) is 474 cm³/mol. The van der Waals surface area contributed by atoms with Crippen LogP contribution in [0.25, 0.3) is 43.9 Å². The third kappa shape index (κ3) is 10.0. The third-order valence-electron chi connectivity index (χ3n) is 23.9. The van der Waals surface area contributed by atoms with Gasteiger partial charge in [0.2, 0.25) is 0 Å². The molecule has 544 valence electrons. The Morgan fingerprint density at radius 1 is 0.307 bits per heavy atom. The van der Waals surface area contributed by atoms with Gasteiger partial charge in [-0.2, -0.15) is 0 Å². The molecule has 8 heterocycles. The van der Waals surface area contributed by atoms with Crippen LogP contribution in [0.3, 0.4) is 0 Å². The van der Waals surface area contributed by atoms with E-state index in [1.807, 2.05) is 0 Å². The average Bonchev–Trinajstić information content (AvgIpc) is 0.922. The van der Waals surface area contributed by atoms with E-state index in [9.17, 15) is 0 Å². The van der Waals surface area contributed by atoms with Crippen molar-refractivity contribution < 1.29 is 27.8 Å². The second-order valence-electron chi connectivity index (χ2n) is 32.7. The maximum Gasteiger partial charge on any atom is 0.260 e. The number of nitrogens with one attached hydrogen (secondary N) is 1. The molecular formula is C99H72B3N5O6S. The maximum absolute atomic E-state index is 7.77. The summed E-state index contributed by atoms with van der Waals surface area (Å²) in [4.78, 5) is 6.93. The van der Waals surface area contributed by atoms with E-state index < -0.39 is 6.71 Å². The Kier molecular flexibility index (Phi) is 14.5. The monoisotopic (exact) mass is 1490 g/mol. The lowest BCUT2D eigenvalue weighted by Gasteiger charge is -2.42. The molecule has 17 aromatic rings. The van der Waals surface area contributed by atoms with E-state index in [4.69, 9.17) is 27.8 Å². The number of ether oxygens (including phenoxy) is 4. The van der Waals surface area contributed by atoms with Gasteiger partial charge in [-0.3, -0.25) is 4.31 Å². The van der Waals surface area contributed by atoms with E-state index in [1.54, 1.807) is 11.9 Å². The minimum atomic E-state index is -0.412. The summed E-state index contributed by atoms with van der Waals surface area (Å²) in [5.41, 5.74) is 27.3. The molecule has 15 aromatic carbocycles. The number of para-hydroxylation sites is 8. The minimum absolute atomic E-state index is 0.197. The molecule has 0 atom stereocenters. The molecule has 23 rings (SSSR count). The Morgan fingerprint density at radius 3 is 1.13 bits per heavy atom. The Balaban J connectivity index is 0.777. The quantitative estimate of drug-likeness (QED) is 0.104. The molecule has 0 saturated carbocycles. The molecular weight excluding hydrogens is 1420 g/mol. The second kappa shape index (κ2) is 24.8. The molecule has 0 fully saturated rings. The van der Waals surface area contributed by atoms with E-state index in [2.05, 4.69) is 375 Å². The van der Waals surface area contributed by atoms with Gasteiger partial charge in [-0.25, -0.2) is 0 Å². The van der Waals surface area contributed by atoms with Crippen LogP contribution in [-0.2, 0) is 10.8 Å². The lowest BCUT2D eigenvalue weighted by Crippen LogP contribution is -2.64. The predicted octanol–water partition coefficient (Wildman–Crippen LogP) is 21.2. The van der Waals surface area contributed by atoms with Crippen molar-refractivity contribution >= 4 is 199 Å². The second-order valence-corrected chi connectivity index (χ2v) is 33.4. The first kappa shape index (κ1) is 66.4. The van der Waals surface area contributed by atoms with Gasteiger partial charge >= 0.3 is 0 Å². The van der Waals surface area contributed by atoms with Crippen LogP contribution in [-0.4, -0.2) is 26.4 Å². The first-order chi connectivity index (χ1) is 55.7. The third-order valence-corrected chi connectivity index (χ3v) is 24.7. The van der Waals surface area contributed by atoms with Gasteiger partial charge in [-0.1, -0.05) is 211 Å². The zero-order chi connectivity index (χ0) is 76.1. The van der Waals surface area contributed by atoms with Crippen LogP contribution in [0, 0.1) is 0 Å². The fraction of sp³-hybridized carbons (Fsp3) is 0.0909. The number of rotatable bonds is 10. The summed E-state index contributed by atoms with van der Waals surface area (Å²) in [6, 6.07) is 109. The number of benzene rings is 15. The molecule has 0 aliphatic carbocycles. The highest BCUT2D eigenvalue weighted by molar-refractivity contribution is 8.00. The van der Waals surface area contributed by atoms with Crippen LogP contribution >= 0.6 is 11.9 Å². The number of hydrogen-bond donors (Lipinski definition) is 1. The summed E-state index contributed by atoms with van der Waals surface area (Å²) >= 11 is 1.68. The summed E-state index contributed by atoms with van der Waals surface area (Å²) in [6.45, 7) is 12.4. The van der Waals surface area contributed by atoms with Crippen LogP contribution in [0.2, 0.25) is 0 Å². The first-order valence-electron chi connectivity index (χ1n) is 39.1. The van der Waals surface area contributed by atoms with Crippen molar-refractivity contribution in [2.24, 2.45) is 0 Å². The van der Waals surface area contributed by atoms with Crippen LogP contribution in [0.15, 0.2) is 312 Å². The molecule has 0 radical (unpaired) electrons. The lowest BCUT2D eigenvalue weighted by atomic mass is 9.30. The summed E-state index contributed by atoms with van der Waals surface area (Å²) in [6.07, 6.45) is 2.17. The molecule has 2 aromatic heterocycles. The molecule has 0 spiro atoms. The van der Waals surface area contributed by atoms with Gasteiger partial charge in [0.05, 0.1) is 39.2 Å². The van der Waals surface area contributed by atoms with E-state index in [0.29, 0.717) is 11.5 Å². The van der Waals surface area contributed by atoms with Gasteiger partial charge in [-0.05, 0) is 164 Å². The Labute approximate surface area is 665 Å². The van der Waals surface area contributed by atoms with E-state index in [0.717, 1.165) is 213 Å².